The largest absolute Gasteiger partial charge is 0.491 e. The van der Waals surface area contributed by atoms with Crippen LogP contribution in [-0.2, 0) is 11.2 Å². The minimum atomic E-state index is -1.51. The summed E-state index contributed by atoms with van der Waals surface area (Å²) in [4.78, 5) is 12.8. The van der Waals surface area contributed by atoms with E-state index in [4.69, 9.17) is 4.74 Å². The number of aliphatic hydroxyl groups is 1. The van der Waals surface area contributed by atoms with E-state index in [-0.39, 0.29) is 13.0 Å². The summed E-state index contributed by atoms with van der Waals surface area (Å²) in [5.41, 5.74) is 0.200. The molecule has 3 aromatic rings. The number of hydrogen-bond donors (Lipinski definition) is 2. The van der Waals surface area contributed by atoms with E-state index in [1.54, 1.807) is 12.2 Å². The van der Waals surface area contributed by atoms with Crippen molar-refractivity contribution in [3.8, 4) is 11.8 Å². The molecular weight excluding hydrogens is 472 g/mol. The quantitative estimate of drug-likeness (QED) is 0.384. The highest BCUT2D eigenvalue weighted by molar-refractivity contribution is 7.19. The number of aliphatic carboxylic acids is 1. The molecule has 2 atom stereocenters. The van der Waals surface area contributed by atoms with Gasteiger partial charge >= 0.3 is 5.97 Å². The third-order valence-electron chi connectivity index (χ3n) is 6.53. The normalized spacial score (nSPS) is 18.4. The number of carbonyl (C=O) groups is 1. The first kappa shape index (κ1) is 25.6. The molecule has 4 rings (SSSR count). The molecule has 1 aromatic heterocycles. The number of likely N-dealkylation sites (N-methyl/N-ethyl adjacent to an activating group) is 1. The van der Waals surface area contributed by atoms with Crippen LogP contribution in [0.25, 0.3) is 15.7 Å². The Morgan fingerprint density at radius 1 is 1.22 bits per heavy atom. The second-order valence-corrected chi connectivity index (χ2v) is 11.1. The van der Waals surface area contributed by atoms with Crippen molar-refractivity contribution in [1.29, 1.82) is 5.26 Å². The van der Waals surface area contributed by atoms with Crippen molar-refractivity contribution in [2.75, 3.05) is 33.8 Å². The molecule has 1 unspecified atom stereocenters. The minimum absolute atomic E-state index is 0.114. The molecule has 0 saturated heterocycles. The molecule has 1 aliphatic carbocycles. The molecule has 0 fully saturated rings. The molecule has 186 valence electrons. The van der Waals surface area contributed by atoms with E-state index in [0.29, 0.717) is 16.8 Å². The van der Waals surface area contributed by atoms with Crippen LogP contribution < -0.4 is 4.74 Å². The van der Waals surface area contributed by atoms with Gasteiger partial charge < -0.3 is 19.4 Å². The highest BCUT2D eigenvalue weighted by Gasteiger charge is 2.36. The Labute approximate surface area is 215 Å². The van der Waals surface area contributed by atoms with Gasteiger partial charge in [0.15, 0.2) is 5.41 Å². The molecule has 1 aliphatic rings. The molecule has 6 nitrogen and oxygen atoms in total. The first-order chi connectivity index (χ1) is 17.2. The molecule has 0 aliphatic heterocycles. The van der Waals surface area contributed by atoms with E-state index in [2.05, 4.69) is 44.4 Å². The smallest absolute Gasteiger partial charge is 0.328 e. The van der Waals surface area contributed by atoms with Crippen LogP contribution >= 0.6 is 11.3 Å². The van der Waals surface area contributed by atoms with Gasteiger partial charge in [-0.15, -0.1) is 11.3 Å². The van der Waals surface area contributed by atoms with E-state index >= 15 is 0 Å². The molecule has 7 heteroatoms. The lowest BCUT2D eigenvalue weighted by Gasteiger charge is -2.31. The fourth-order valence-electron chi connectivity index (χ4n) is 4.39. The zero-order valence-electron chi connectivity index (χ0n) is 20.6. The predicted molar refractivity (Wildman–Crippen MR) is 143 cm³/mol. The van der Waals surface area contributed by atoms with Crippen LogP contribution in [0.4, 0.5) is 0 Å². The van der Waals surface area contributed by atoms with Crippen LogP contribution in [0, 0.1) is 16.7 Å². The maximum absolute atomic E-state index is 11.5. The van der Waals surface area contributed by atoms with Gasteiger partial charge in [-0.05, 0) is 47.2 Å². The third-order valence-corrected chi connectivity index (χ3v) is 7.70. The average molecular weight is 504 g/mol. The Kier molecular flexibility index (Phi) is 7.60. The summed E-state index contributed by atoms with van der Waals surface area (Å²) in [6.45, 7) is 1.67. The van der Waals surface area contributed by atoms with Crippen LogP contribution in [0.15, 0.2) is 72.8 Å². The summed E-state index contributed by atoms with van der Waals surface area (Å²) in [6.07, 6.45) is 5.34. The van der Waals surface area contributed by atoms with Crippen molar-refractivity contribution in [3.63, 3.8) is 0 Å². The van der Waals surface area contributed by atoms with Crippen LogP contribution in [0.2, 0.25) is 0 Å². The van der Waals surface area contributed by atoms with Crippen LogP contribution in [0.5, 0.6) is 5.75 Å². The number of hydrogen-bond acceptors (Lipinski definition) is 5. The Morgan fingerprint density at radius 2 is 2.03 bits per heavy atom. The Morgan fingerprint density at radius 3 is 2.72 bits per heavy atom. The first-order valence-electron chi connectivity index (χ1n) is 11.9. The number of ether oxygens (including phenoxy) is 1. The van der Waals surface area contributed by atoms with Gasteiger partial charge in [0.25, 0.3) is 0 Å². The molecule has 0 saturated carbocycles. The number of fused-ring (bicyclic) bond motifs is 1. The van der Waals surface area contributed by atoms with E-state index < -0.39 is 17.5 Å². The third kappa shape index (κ3) is 6.03. The first-order valence-corrected chi connectivity index (χ1v) is 12.8. The van der Waals surface area contributed by atoms with Gasteiger partial charge in [-0.25, -0.2) is 0 Å². The van der Waals surface area contributed by atoms with Crippen molar-refractivity contribution in [3.05, 3.63) is 83.3 Å². The molecule has 36 heavy (non-hydrogen) atoms. The number of allylic oxidation sites excluding steroid dienone is 3. The lowest BCUT2D eigenvalue weighted by molar-refractivity contribution is -0.893. The number of nitriles is 1. The number of benzene rings is 2. The number of thiophene rings is 1. The summed E-state index contributed by atoms with van der Waals surface area (Å²) in [5.74, 6) is -0.514. The number of quaternary nitrogens is 1. The van der Waals surface area contributed by atoms with E-state index in [0.717, 1.165) is 24.1 Å². The lowest BCUT2D eigenvalue weighted by atomic mass is 9.80. The fourth-order valence-corrected chi connectivity index (χ4v) is 5.44. The van der Waals surface area contributed by atoms with Gasteiger partial charge in [0.1, 0.15) is 25.0 Å². The van der Waals surface area contributed by atoms with E-state index in [1.165, 1.54) is 21.0 Å². The Hall–Kier alpha value is -3.44. The monoisotopic (exact) mass is 503 g/mol. The number of carboxylic acid groups (broad SMARTS) is 1. The van der Waals surface area contributed by atoms with Crippen LogP contribution in [-0.4, -0.2) is 60.6 Å². The molecule has 0 radical (unpaired) electrons. The van der Waals surface area contributed by atoms with Gasteiger partial charge in [0.2, 0.25) is 0 Å². The second-order valence-electron chi connectivity index (χ2n) is 9.92. The van der Waals surface area contributed by atoms with Crippen molar-refractivity contribution < 1.29 is 24.2 Å². The van der Waals surface area contributed by atoms with E-state index in [1.807, 2.05) is 41.7 Å². The summed E-state index contributed by atoms with van der Waals surface area (Å²) < 4.78 is 7.88. The summed E-state index contributed by atoms with van der Waals surface area (Å²) in [5, 5.41) is 30.6. The maximum Gasteiger partial charge on any atom is 0.328 e. The SMILES string of the molecule is C[N+](C)(CCc1cc2ccccc2s1)C[C@@H](O)COc1cccc(C2=CCC(C#N)(C(=O)O)C=C2)c1. The number of rotatable bonds is 10. The van der Waals surface area contributed by atoms with Gasteiger partial charge in [0.05, 0.1) is 26.7 Å². The molecule has 2 aromatic carbocycles. The number of nitrogens with zero attached hydrogens (tertiary/aromatic N) is 2. The highest BCUT2D eigenvalue weighted by atomic mass is 32.1. The van der Waals surface area contributed by atoms with Crippen molar-refractivity contribution >= 4 is 33.0 Å². The van der Waals surface area contributed by atoms with Crippen molar-refractivity contribution in [1.82, 2.24) is 0 Å². The van der Waals surface area contributed by atoms with Gasteiger partial charge in [-0.1, -0.05) is 48.6 Å². The summed E-state index contributed by atoms with van der Waals surface area (Å²) >= 11 is 1.83. The topological polar surface area (TPSA) is 90.5 Å². The number of aliphatic hydroxyl groups excluding tert-OH is 1. The van der Waals surface area contributed by atoms with Gasteiger partial charge in [0, 0.05) is 16.0 Å². The van der Waals surface area contributed by atoms with Crippen LogP contribution in [0.1, 0.15) is 16.9 Å². The van der Waals surface area contributed by atoms with Crippen LogP contribution in [0.3, 0.4) is 0 Å². The molecule has 1 heterocycles. The Balaban J connectivity index is 1.30. The molecular formula is C29H31N2O4S+. The molecule has 0 bridgehead atoms. The van der Waals surface area contributed by atoms with Crippen molar-refractivity contribution in [2.24, 2.45) is 5.41 Å². The average Bonchev–Trinajstić information content (AvgIpc) is 3.29. The van der Waals surface area contributed by atoms with Crippen molar-refractivity contribution in [2.45, 2.75) is 18.9 Å². The summed E-state index contributed by atoms with van der Waals surface area (Å²) in [6, 6.07) is 20.0. The lowest BCUT2D eigenvalue weighted by Crippen LogP contribution is -2.48. The predicted octanol–water partition coefficient (Wildman–Crippen LogP) is 4.90. The second kappa shape index (κ2) is 10.7. The highest BCUT2D eigenvalue weighted by Crippen LogP contribution is 2.34. The van der Waals surface area contributed by atoms with E-state index in [9.17, 15) is 20.3 Å². The standard InChI is InChI=1S/C29H30N2O4S/c1-31(2,15-12-26-17-23-6-3-4-9-27(23)36-26)18-24(32)19-35-25-8-5-7-22(16-25)21-10-13-29(20-30,14-11-21)28(33)34/h3-11,13,16-17,24,32H,12,14-15,18-19H2,1-2H3/p+1/t24-,29?/m1/s1. The molecule has 2 N–H and O–H groups in total. The molecule has 0 spiro atoms. The molecule has 0 amide bonds. The zero-order valence-corrected chi connectivity index (χ0v) is 21.4. The van der Waals surface area contributed by atoms with Gasteiger partial charge in [-0.3, -0.25) is 4.79 Å². The minimum Gasteiger partial charge on any atom is -0.491 e. The number of carboxylic acids is 1. The maximum atomic E-state index is 11.5. The Bertz CT molecular complexity index is 1320. The zero-order chi connectivity index (χ0) is 25.8. The van der Waals surface area contributed by atoms with Gasteiger partial charge in [-0.2, -0.15) is 5.26 Å². The fraction of sp³-hybridized carbons (Fsp3) is 0.310. The summed E-state index contributed by atoms with van der Waals surface area (Å²) in [7, 11) is 4.24.